The summed E-state index contributed by atoms with van der Waals surface area (Å²) in [4.78, 5) is 23.9. The smallest absolute Gasteiger partial charge is 0.271 e. The first-order valence-corrected chi connectivity index (χ1v) is 6.76. The normalized spacial score (nSPS) is 19.3. The van der Waals surface area contributed by atoms with E-state index in [0.29, 0.717) is 18.7 Å². The van der Waals surface area contributed by atoms with Gasteiger partial charge in [-0.15, -0.1) is 0 Å². The summed E-state index contributed by atoms with van der Waals surface area (Å²) in [5, 5.41) is 11.6. The molecule has 18 heavy (non-hydrogen) atoms. The van der Waals surface area contributed by atoms with Crippen LogP contribution in [0.15, 0.2) is 18.2 Å². The number of nitro benzene ring substituents is 1. The maximum Gasteiger partial charge on any atom is 0.271 e. The highest BCUT2D eigenvalue weighted by Gasteiger charge is 2.30. The molecule has 0 aliphatic carbocycles. The van der Waals surface area contributed by atoms with Crippen molar-refractivity contribution in [1.29, 1.82) is 0 Å². The summed E-state index contributed by atoms with van der Waals surface area (Å²) in [6.45, 7) is 2.41. The summed E-state index contributed by atoms with van der Waals surface area (Å²) in [5.74, 6) is 0.302. The molecule has 6 heteroatoms. The number of nitrogens with zero attached hydrogens (tertiary/aromatic N) is 2. The van der Waals surface area contributed by atoms with Crippen LogP contribution in [0.25, 0.3) is 0 Å². The lowest BCUT2D eigenvalue weighted by Gasteiger charge is -2.16. The van der Waals surface area contributed by atoms with Crippen molar-refractivity contribution < 1.29 is 9.72 Å². The van der Waals surface area contributed by atoms with E-state index in [2.05, 4.69) is 15.9 Å². The lowest BCUT2D eigenvalue weighted by Crippen LogP contribution is -2.24. The van der Waals surface area contributed by atoms with Crippen LogP contribution < -0.4 is 4.90 Å². The molecule has 1 fully saturated rings. The summed E-state index contributed by atoms with van der Waals surface area (Å²) in [6, 6.07) is 4.77. The van der Waals surface area contributed by atoms with Crippen LogP contribution in [-0.2, 0) is 4.79 Å². The third-order valence-corrected chi connectivity index (χ3v) is 3.91. The van der Waals surface area contributed by atoms with E-state index < -0.39 is 4.92 Å². The number of rotatable bonds is 3. The van der Waals surface area contributed by atoms with Crippen LogP contribution in [0.5, 0.6) is 0 Å². The molecule has 0 spiro atoms. The van der Waals surface area contributed by atoms with Crippen molar-refractivity contribution in [2.24, 2.45) is 5.92 Å². The van der Waals surface area contributed by atoms with Crippen LogP contribution >= 0.6 is 15.9 Å². The first-order chi connectivity index (χ1) is 8.51. The molecule has 96 valence electrons. The molecule has 0 bridgehead atoms. The number of benzene rings is 1. The fourth-order valence-electron chi connectivity index (χ4n) is 2.14. The highest BCUT2D eigenvalue weighted by Crippen LogP contribution is 2.29. The van der Waals surface area contributed by atoms with E-state index in [1.807, 2.05) is 6.07 Å². The molecule has 1 aromatic carbocycles. The van der Waals surface area contributed by atoms with Gasteiger partial charge in [0.05, 0.1) is 10.6 Å². The first kappa shape index (κ1) is 13.0. The molecule has 1 unspecified atom stereocenters. The third kappa shape index (κ3) is 2.53. The quantitative estimate of drug-likeness (QED) is 0.489. The largest absolute Gasteiger partial charge is 0.312 e. The number of carbonyl (C=O) groups excluding carboxylic acids is 1. The number of nitro groups is 1. The summed E-state index contributed by atoms with van der Waals surface area (Å²) in [7, 11) is 0. The number of aryl methyl sites for hydroxylation is 1. The predicted molar refractivity (Wildman–Crippen MR) is 72.1 cm³/mol. The molecule has 1 aromatic rings. The van der Waals surface area contributed by atoms with Crippen molar-refractivity contribution in [3.05, 3.63) is 33.9 Å². The fraction of sp³-hybridized carbons (Fsp3) is 0.417. The van der Waals surface area contributed by atoms with E-state index >= 15 is 0 Å². The van der Waals surface area contributed by atoms with Crippen molar-refractivity contribution in [1.82, 2.24) is 0 Å². The number of carbonyl (C=O) groups is 1. The zero-order valence-electron chi connectivity index (χ0n) is 9.93. The van der Waals surface area contributed by atoms with Crippen LogP contribution in [0.4, 0.5) is 11.4 Å². The molecule has 0 saturated carbocycles. The second-order valence-electron chi connectivity index (χ2n) is 4.51. The minimum absolute atomic E-state index is 0.0272. The maximum absolute atomic E-state index is 11.9. The van der Waals surface area contributed by atoms with Crippen molar-refractivity contribution in [3.63, 3.8) is 0 Å². The Hall–Kier alpha value is -1.43. The van der Waals surface area contributed by atoms with Gasteiger partial charge in [-0.25, -0.2) is 0 Å². The summed E-state index contributed by atoms with van der Waals surface area (Å²) < 4.78 is 0. The second kappa shape index (κ2) is 5.06. The van der Waals surface area contributed by atoms with Crippen LogP contribution in [0.3, 0.4) is 0 Å². The Morgan fingerprint density at radius 2 is 2.22 bits per heavy atom. The number of amides is 1. The molecule has 0 aromatic heterocycles. The second-order valence-corrected chi connectivity index (χ2v) is 5.16. The monoisotopic (exact) mass is 312 g/mol. The van der Waals surface area contributed by atoms with Crippen LogP contribution in [0.2, 0.25) is 0 Å². The summed E-state index contributed by atoms with van der Waals surface area (Å²) in [6.07, 6.45) is 0.493. The van der Waals surface area contributed by atoms with Gasteiger partial charge >= 0.3 is 0 Å². The Morgan fingerprint density at radius 3 is 2.78 bits per heavy atom. The standard InChI is InChI=1S/C12H13BrN2O3/c1-8-2-10(5-11(3-8)15(17)18)14-7-9(6-13)4-12(14)16/h2-3,5,9H,4,6-7H2,1H3. The van der Waals surface area contributed by atoms with Gasteiger partial charge in [0.25, 0.3) is 5.69 Å². The number of halogens is 1. The van der Waals surface area contributed by atoms with Gasteiger partial charge < -0.3 is 4.90 Å². The van der Waals surface area contributed by atoms with Gasteiger partial charge in [0.15, 0.2) is 0 Å². The van der Waals surface area contributed by atoms with Crippen molar-refractivity contribution in [2.45, 2.75) is 13.3 Å². The molecule has 2 rings (SSSR count). The number of alkyl halides is 1. The molecule has 1 aliphatic rings. The Balaban J connectivity index is 2.34. The van der Waals surface area contributed by atoms with Gasteiger partial charge in [0.2, 0.25) is 5.91 Å². The lowest BCUT2D eigenvalue weighted by molar-refractivity contribution is -0.384. The van der Waals surface area contributed by atoms with Gasteiger partial charge in [-0.1, -0.05) is 15.9 Å². The zero-order chi connectivity index (χ0) is 13.3. The van der Waals surface area contributed by atoms with E-state index in [9.17, 15) is 14.9 Å². The molecular weight excluding hydrogens is 300 g/mol. The molecule has 1 atom stereocenters. The minimum Gasteiger partial charge on any atom is -0.312 e. The summed E-state index contributed by atoms with van der Waals surface area (Å²) >= 11 is 3.37. The third-order valence-electron chi connectivity index (χ3n) is 2.99. The van der Waals surface area contributed by atoms with Crippen molar-refractivity contribution in [2.75, 3.05) is 16.8 Å². The number of non-ortho nitro benzene ring substituents is 1. The van der Waals surface area contributed by atoms with E-state index in [4.69, 9.17) is 0 Å². The SMILES string of the molecule is Cc1cc(N2CC(CBr)CC2=O)cc([N+](=O)[O-])c1. The van der Waals surface area contributed by atoms with Crippen LogP contribution in [0, 0.1) is 23.0 Å². The van der Waals surface area contributed by atoms with E-state index in [0.717, 1.165) is 10.9 Å². The lowest BCUT2D eigenvalue weighted by atomic mass is 10.1. The fourth-order valence-corrected chi connectivity index (χ4v) is 2.57. The van der Waals surface area contributed by atoms with E-state index in [1.165, 1.54) is 12.1 Å². The highest BCUT2D eigenvalue weighted by atomic mass is 79.9. The van der Waals surface area contributed by atoms with Gasteiger partial charge in [-0.3, -0.25) is 14.9 Å². The van der Waals surface area contributed by atoms with E-state index in [-0.39, 0.29) is 17.5 Å². The Kier molecular flexibility index (Phi) is 3.65. The number of anilines is 1. The van der Waals surface area contributed by atoms with E-state index in [1.54, 1.807) is 11.8 Å². The zero-order valence-corrected chi connectivity index (χ0v) is 11.5. The average Bonchev–Trinajstić information content (AvgIpc) is 2.69. The molecule has 1 aliphatic heterocycles. The molecule has 0 radical (unpaired) electrons. The molecule has 1 heterocycles. The Bertz CT molecular complexity index is 504. The topological polar surface area (TPSA) is 63.5 Å². The summed E-state index contributed by atoms with van der Waals surface area (Å²) in [5.41, 5.74) is 1.43. The molecule has 1 amide bonds. The maximum atomic E-state index is 11.9. The average molecular weight is 313 g/mol. The Morgan fingerprint density at radius 1 is 1.50 bits per heavy atom. The van der Waals surface area contributed by atoms with Gasteiger partial charge in [-0.2, -0.15) is 0 Å². The number of hydrogen-bond acceptors (Lipinski definition) is 3. The van der Waals surface area contributed by atoms with Crippen LogP contribution in [-0.4, -0.2) is 22.7 Å². The van der Waals surface area contributed by atoms with Crippen molar-refractivity contribution >= 4 is 33.2 Å². The van der Waals surface area contributed by atoms with Gasteiger partial charge in [0.1, 0.15) is 0 Å². The molecule has 5 nitrogen and oxygen atoms in total. The van der Waals surface area contributed by atoms with Crippen LogP contribution in [0.1, 0.15) is 12.0 Å². The van der Waals surface area contributed by atoms with Gasteiger partial charge in [0, 0.05) is 30.4 Å². The molecule has 0 N–H and O–H groups in total. The first-order valence-electron chi connectivity index (χ1n) is 5.63. The Labute approximate surface area is 113 Å². The number of hydrogen-bond donors (Lipinski definition) is 0. The molecule has 1 saturated heterocycles. The highest BCUT2D eigenvalue weighted by molar-refractivity contribution is 9.09. The molecular formula is C12H13BrN2O3. The van der Waals surface area contributed by atoms with Gasteiger partial charge in [-0.05, 0) is 24.5 Å². The van der Waals surface area contributed by atoms with Crippen molar-refractivity contribution in [3.8, 4) is 0 Å². The predicted octanol–water partition coefficient (Wildman–Crippen LogP) is 2.65. The minimum atomic E-state index is -0.432.